The third-order valence-electron chi connectivity index (χ3n) is 4.70. The van der Waals surface area contributed by atoms with Gasteiger partial charge in [0.2, 0.25) is 12.7 Å². The van der Waals surface area contributed by atoms with Crippen molar-refractivity contribution in [3.05, 3.63) is 47.9 Å². The lowest BCUT2D eigenvalue weighted by Gasteiger charge is -2.35. The molecule has 0 N–H and O–H groups in total. The maximum Gasteiger partial charge on any atom is 0.254 e. The SMILES string of the molecule is O=C(CCc1ccco1)N1CCN(C(=O)c2ccc3c(c2)OCO3)CC1. The number of nitrogens with zero attached hydrogens (tertiary/aromatic N) is 2. The van der Waals surface area contributed by atoms with E-state index in [1.54, 1.807) is 29.4 Å². The van der Waals surface area contributed by atoms with E-state index in [9.17, 15) is 9.59 Å². The Morgan fingerprint density at radius 3 is 2.50 bits per heavy atom. The minimum atomic E-state index is -0.0500. The van der Waals surface area contributed by atoms with E-state index in [0.29, 0.717) is 56.1 Å². The largest absolute Gasteiger partial charge is 0.469 e. The predicted molar refractivity (Wildman–Crippen MR) is 92.1 cm³/mol. The summed E-state index contributed by atoms with van der Waals surface area (Å²) in [6, 6.07) is 8.90. The van der Waals surface area contributed by atoms with Crippen LogP contribution in [-0.2, 0) is 11.2 Å². The summed E-state index contributed by atoms with van der Waals surface area (Å²) < 4.78 is 15.9. The van der Waals surface area contributed by atoms with Gasteiger partial charge in [-0.2, -0.15) is 0 Å². The van der Waals surface area contributed by atoms with Gasteiger partial charge in [0, 0.05) is 44.6 Å². The van der Waals surface area contributed by atoms with E-state index < -0.39 is 0 Å². The van der Waals surface area contributed by atoms with Crippen molar-refractivity contribution in [1.82, 2.24) is 9.80 Å². The van der Waals surface area contributed by atoms with Crippen molar-refractivity contribution in [2.45, 2.75) is 12.8 Å². The fourth-order valence-electron chi connectivity index (χ4n) is 3.21. The number of hydrogen-bond donors (Lipinski definition) is 0. The molecular formula is C19H20N2O5. The van der Waals surface area contributed by atoms with Crippen LogP contribution in [0, 0.1) is 0 Å². The van der Waals surface area contributed by atoms with Crippen molar-refractivity contribution < 1.29 is 23.5 Å². The van der Waals surface area contributed by atoms with Crippen LogP contribution >= 0.6 is 0 Å². The first-order chi connectivity index (χ1) is 12.7. The van der Waals surface area contributed by atoms with Crippen molar-refractivity contribution in [3.63, 3.8) is 0 Å². The van der Waals surface area contributed by atoms with E-state index in [-0.39, 0.29) is 18.6 Å². The van der Waals surface area contributed by atoms with Crippen LogP contribution in [-0.4, -0.2) is 54.6 Å². The second kappa shape index (κ2) is 7.11. The summed E-state index contributed by atoms with van der Waals surface area (Å²) in [5, 5.41) is 0. The van der Waals surface area contributed by atoms with Crippen LogP contribution in [0.1, 0.15) is 22.5 Å². The minimum Gasteiger partial charge on any atom is -0.469 e. The molecule has 0 unspecified atom stereocenters. The number of carbonyl (C=O) groups is 2. The third kappa shape index (κ3) is 3.37. The number of hydrogen-bond acceptors (Lipinski definition) is 5. The second-order valence-corrected chi connectivity index (χ2v) is 6.32. The van der Waals surface area contributed by atoms with Crippen LogP contribution in [0.2, 0.25) is 0 Å². The number of piperazine rings is 1. The molecule has 26 heavy (non-hydrogen) atoms. The summed E-state index contributed by atoms with van der Waals surface area (Å²) in [6.45, 7) is 2.34. The van der Waals surface area contributed by atoms with Gasteiger partial charge >= 0.3 is 0 Å². The van der Waals surface area contributed by atoms with Crippen molar-refractivity contribution >= 4 is 11.8 Å². The first-order valence-corrected chi connectivity index (χ1v) is 8.70. The molecule has 4 rings (SSSR count). The molecule has 0 spiro atoms. The Morgan fingerprint density at radius 1 is 0.962 bits per heavy atom. The van der Waals surface area contributed by atoms with Crippen LogP contribution in [0.5, 0.6) is 11.5 Å². The standard InChI is InChI=1S/C19H20N2O5/c22-18(6-4-15-2-1-11-24-15)20-7-9-21(10-8-20)19(23)14-3-5-16-17(12-14)26-13-25-16/h1-3,5,11-12H,4,6-10,13H2. The lowest BCUT2D eigenvalue weighted by atomic mass is 10.1. The summed E-state index contributed by atoms with van der Waals surface area (Å²) in [7, 11) is 0. The van der Waals surface area contributed by atoms with Gasteiger partial charge in [0.15, 0.2) is 11.5 Å². The van der Waals surface area contributed by atoms with Gasteiger partial charge in [-0.25, -0.2) is 0 Å². The molecule has 2 amide bonds. The lowest BCUT2D eigenvalue weighted by Crippen LogP contribution is -2.50. The van der Waals surface area contributed by atoms with E-state index in [0.717, 1.165) is 5.76 Å². The monoisotopic (exact) mass is 356 g/mol. The van der Waals surface area contributed by atoms with Gasteiger partial charge in [-0.3, -0.25) is 9.59 Å². The molecule has 3 heterocycles. The lowest BCUT2D eigenvalue weighted by molar-refractivity contribution is -0.132. The summed E-state index contributed by atoms with van der Waals surface area (Å²) in [5.41, 5.74) is 0.576. The Balaban J connectivity index is 1.30. The van der Waals surface area contributed by atoms with Crippen LogP contribution in [0.3, 0.4) is 0 Å². The molecular weight excluding hydrogens is 336 g/mol. The van der Waals surface area contributed by atoms with Gasteiger partial charge in [-0.15, -0.1) is 0 Å². The maximum atomic E-state index is 12.7. The number of ether oxygens (including phenoxy) is 2. The Labute approximate surface area is 151 Å². The van der Waals surface area contributed by atoms with Crippen LogP contribution in [0.4, 0.5) is 0 Å². The zero-order chi connectivity index (χ0) is 17.9. The van der Waals surface area contributed by atoms with Crippen molar-refractivity contribution in [2.75, 3.05) is 33.0 Å². The average Bonchev–Trinajstić information content (AvgIpc) is 3.36. The predicted octanol–water partition coefficient (Wildman–Crippen LogP) is 1.93. The summed E-state index contributed by atoms with van der Waals surface area (Å²) in [5.74, 6) is 2.12. The Bertz CT molecular complexity index is 794. The highest BCUT2D eigenvalue weighted by Gasteiger charge is 2.26. The zero-order valence-corrected chi connectivity index (χ0v) is 14.3. The van der Waals surface area contributed by atoms with E-state index in [4.69, 9.17) is 13.9 Å². The number of amides is 2. The molecule has 2 aromatic rings. The number of aryl methyl sites for hydroxylation is 1. The molecule has 0 aliphatic carbocycles. The van der Waals surface area contributed by atoms with Gasteiger partial charge in [0.05, 0.1) is 6.26 Å². The number of carbonyl (C=O) groups excluding carboxylic acids is 2. The van der Waals surface area contributed by atoms with E-state index >= 15 is 0 Å². The topological polar surface area (TPSA) is 72.2 Å². The van der Waals surface area contributed by atoms with Gasteiger partial charge in [-0.05, 0) is 30.3 Å². The highest BCUT2D eigenvalue weighted by Crippen LogP contribution is 2.32. The maximum absolute atomic E-state index is 12.7. The van der Waals surface area contributed by atoms with Gasteiger partial charge < -0.3 is 23.7 Å². The highest BCUT2D eigenvalue weighted by molar-refractivity contribution is 5.95. The molecule has 0 atom stereocenters. The smallest absolute Gasteiger partial charge is 0.254 e. The van der Waals surface area contributed by atoms with Gasteiger partial charge in [0.25, 0.3) is 5.91 Å². The van der Waals surface area contributed by atoms with Crippen LogP contribution in [0.25, 0.3) is 0 Å². The first-order valence-electron chi connectivity index (χ1n) is 8.70. The fourth-order valence-corrected chi connectivity index (χ4v) is 3.21. The molecule has 2 aliphatic rings. The van der Waals surface area contributed by atoms with Crippen molar-refractivity contribution in [2.24, 2.45) is 0 Å². The summed E-state index contributed by atoms with van der Waals surface area (Å²) in [6.07, 6.45) is 2.63. The number of rotatable bonds is 4. The molecule has 1 aromatic carbocycles. The number of furan rings is 1. The van der Waals surface area contributed by atoms with Gasteiger partial charge in [0.1, 0.15) is 5.76 Å². The molecule has 1 fully saturated rings. The zero-order valence-electron chi connectivity index (χ0n) is 14.3. The van der Waals surface area contributed by atoms with Gasteiger partial charge in [-0.1, -0.05) is 0 Å². The Hall–Kier alpha value is -2.96. The van der Waals surface area contributed by atoms with E-state index in [1.165, 1.54) is 0 Å². The van der Waals surface area contributed by atoms with E-state index in [2.05, 4.69) is 0 Å². The van der Waals surface area contributed by atoms with Crippen molar-refractivity contribution in [3.8, 4) is 11.5 Å². The average molecular weight is 356 g/mol. The molecule has 136 valence electrons. The third-order valence-corrected chi connectivity index (χ3v) is 4.70. The molecule has 0 saturated carbocycles. The van der Waals surface area contributed by atoms with Crippen LogP contribution in [0.15, 0.2) is 41.0 Å². The quantitative estimate of drug-likeness (QED) is 0.837. The van der Waals surface area contributed by atoms with Crippen LogP contribution < -0.4 is 9.47 Å². The minimum absolute atomic E-state index is 0.0500. The number of fused-ring (bicyclic) bond motifs is 1. The summed E-state index contributed by atoms with van der Waals surface area (Å²) in [4.78, 5) is 28.6. The molecule has 0 radical (unpaired) electrons. The van der Waals surface area contributed by atoms with Crippen molar-refractivity contribution in [1.29, 1.82) is 0 Å². The first kappa shape index (κ1) is 16.5. The number of benzene rings is 1. The Morgan fingerprint density at radius 2 is 1.73 bits per heavy atom. The molecule has 0 bridgehead atoms. The molecule has 1 saturated heterocycles. The summed E-state index contributed by atoms with van der Waals surface area (Å²) >= 11 is 0. The fraction of sp³-hybridized carbons (Fsp3) is 0.368. The highest BCUT2D eigenvalue weighted by atomic mass is 16.7. The molecule has 2 aliphatic heterocycles. The second-order valence-electron chi connectivity index (χ2n) is 6.32. The van der Waals surface area contributed by atoms with E-state index in [1.807, 2.05) is 17.0 Å². The molecule has 1 aromatic heterocycles. The molecule has 7 nitrogen and oxygen atoms in total. The normalized spacial score (nSPS) is 16.0. The Kier molecular flexibility index (Phi) is 4.51. The molecule has 7 heteroatoms.